The van der Waals surface area contributed by atoms with Crippen molar-refractivity contribution in [2.24, 2.45) is 5.92 Å². The molecular weight excluding hydrogens is 352 g/mol. The van der Waals surface area contributed by atoms with Gasteiger partial charge in [-0.2, -0.15) is 4.98 Å². The predicted molar refractivity (Wildman–Crippen MR) is 105 cm³/mol. The van der Waals surface area contributed by atoms with Crippen molar-refractivity contribution in [1.29, 1.82) is 0 Å². The monoisotopic (exact) mass is 380 g/mol. The zero-order valence-corrected chi connectivity index (χ0v) is 16.5. The van der Waals surface area contributed by atoms with Crippen LogP contribution >= 0.6 is 0 Å². The molecule has 0 bridgehead atoms. The van der Waals surface area contributed by atoms with Crippen molar-refractivity contribution < 1.29 is 9.32 Å². The first-order valence-electron chi connectivity index (χ1n) is 10.6. The van der Waals surface area contributed by atoms with Gasteiger partial charge in [-0.05, 0) is 50.6 Å². The number of carbonyl (C=O) groups is 1. The van der Waals surface area contributed by atoms with Gasteiger partial charge in [-0.25, -0.2) is 0 Å². The van der Waals surface area contributed by atoms with E-state index in [0.29, 0.717) is 25.6 Å². The van der Waals surface area contributed by atoms with Crippen LogP contribution in [0.4, 0.5) is 0 Å². The summed E-state index contributed by atoms with van der Waals surface area (Å²) in [6, 6.07) is 8.47. The molecule has 1 atom stereocenters. The Bertz CT molecular complexity index is 836. The smallest absolute Gasteiger partial charge is 0.244 e. The van der Waals surface area contributed by atoms with Gasteiger partial charge in [0.25, 0.3) is 0 Å². The molecule has 0 radical (unpaired) electrons. The van der Waals surface area contributed by atoms with Crippen LogP contribution in [0.1, 0.15) is 60.5 Å². The van der Waals surface area contributed by atoms with Crippen molar-refractivity contribution >= 4 is 5.91 Å². The largest absolute Gasteiger partial charge is 0.341 e. The third-order valence-electron chi connectivity index (χ3n) is 6.37. The van der Waals surface area contributed by atoms with Crippen molar-refractivity contribution in [1.82, 2.24) is 19.9 Å². The highest BCUT2D eigenvalue weighted by Gasteiger charge is 2.38. The average Bonchev–Trinajstić information content (AvgIpc) is 3.13. The molecule has 1 amide bonds. The Hall–Kier alpha value is -2.21. The van der Waals surface area contributed by atoms with Crippen LogP contribution in [0.15, 0.2) is 28.8 Å². The van der Waals surface area contributed by atoms with Crippen molar-refractivity contribution in [3.05, 3.63) is 47.1 Å². The molecule has 2 saturated heterocycles. The first-order chi connectivity index (χ1) is 13.7. The molecule has 1 aromatic carbocycles. The van der Waals surface area contributed by atoms with Crippen molar-refractivity contribution in [3.63, 3.8) is 0 Å². The van der Waals surface area contributed by atoms with Crippen molar-refractivity contribution in [2.45, 2.75) is 51.0 Å². The zero-order chi connectivity index (χ0) is 19.1. The first-order valence-corrected chi connectivity index (χ1v) is 10.6. The van der Waals surface area contributed by atoms with Gasteiger partial charge in [-0.1, -0.05) is 35.0 Å². The normalized spacial score (nSPS) is 23.2. The molecule has 148 valence electrons. The fourth-order valence-corrected chi connectivity index (χ4v) is 4.34. The predicted octanol–water partition coefficient (Wildman–Crippen LogP) is 3.09. The van der Waals surface area contributed by atoms with Crippen LogP contribution in [-0.2, 0) is 11.2 Å². The van der Waals surface area contributed by atoms with E-state index in [0.717, 1.165) is 36.2 Å². The van der Waals surface area contributed by atoms with Crippen LogP contribution in [0.3, 0.4) is 0 Å². The van der Waals surface area contributed by atoms with Crippen LogP contribution in [0.25, 0.3) is 0 Å². The lowest BCUT2D eigenvalue weighted by molar-refractivity contribution is -0.135. The zero-order valence-electron chi connectivity index (χ0n) is 16.5. The number of nitrogens with zero attached hydrogens (tertiary/aromatic N) is 4. The summed E-state index contributed by atoms with van der Waals surface area (Å²) in [7, 11) is 0. The molecule has 3 fully saturated rings. The summed E-state index contributed by atoms with van der Waals surface area (Å²) in [5.74, 6) is 2.81. The second-order valence-electron chi connectivity index (χ2n) is 8.75. The quantitative estimate of drug-likeness (QED) is 0.771. The van der Waals surface area contributed by atoms with E-state index in [4.69, 9.17) is 9.51 Å². The van der Waals surface area contributed by atoms with Gasteiger partial charge in [0.15, 0.2) is 5.82 Å². The Balaban J connectivity index is 1.15. The summed E-state index contributed by atoms with van der Waals surface area (Å²) in [6.45, 7) is 5.76. The van der Waals surface area contributed by atoms with E-state index in [1.807, 2.05) is 17.0 Å². The van der Waals surface area contributed by atoms with E-state index in [2.05, 4.69) is 29.1 Å². The van der Waals surface area contributed by atoms with E-state index < -0.39 is 0 Å². The summed E-state index contributed by atoms with van der Waals surface area (Å²) in [5, 5.41) is 4.25. The van der Waals surface area contributed by atoms with Gasteiger partial charge < -0.3 is 9.42 Å². The maximum absolute atomic E-state index is 12.5. The fourth-order valence-electron chi connectivity index (χ4n) is 4.34. The Morgan fingerprint density at radius 2 is 1.96 bits per heavy atom. The molecule has 2 aliphatic heterocycles. The summed E-state index contributed by atoms with van der Waals surface area (Å²) < 4.78 is 5.63. The highest BCUT2D eigenvalue weighted by Crippen LogP contribution is 2.37. The minimum Gasteiger partial charge on any atom is -0.341 e. The maximum Gasteiger partial charge on any atom is 0.244 e. The van der Waals surface area contributed by atoms with Crippen LogP contribution in [0, 0.1) is 12.8 Å². The Labute approximate surface area is 165 Å². The number of rotatable bonds is 6. The van der Waals surface area contributed by atoms with Crippen molar-refractivity contribution in [3.8, 4) is 0 Å². The topological polar surface area (TPSA) is 62.5 Å². The first kappa shape index (κ1) is 17.9. The number of aryl methyl sites for hydroxylation is 1. The molecule has 3 aliphatic rings. The van der Waals surface area contributed by atoms with Gasteiger partial charge >= 0.3 is 0 Å². The molecule has 2 aromatic rings. The molecule has 3 heterocycles. The standard InChI is InChI=1S/C22H28N4O2/c1-15-4-6-16(7-5-15)11-20(27)26-13-18(14-26)21-23-22(28-24-21)19-3-2-10-25(19)12-17-8-9-17/h4-7,17-19H,2-3,8-14H2,1H3. The Morgan fingerprint density at radius 1 is 1.18 bits per heavy atom. The molecule has 1 aliphatic carbocycles. The van der Waals surface area contributed by atoms with E-state index in [1.54, 1.807) is 0 Å². The molecular formula is C22H28N4O2. The molecule has 0 spiro atoms. The number of carbonyl (C=O) groups excluding carboxylic acids is 1. The highest BCUT2D eigenvalue weighted by molar-refractivity contribution is 5.79. The van der Waals surface area contributed by atoms with Gasteiger partial charge in [0, 0.05) is 19.6 Å². The average molecular weight is 380 g/mol. The van der Waals surface area contributed by atoms with Gasteiger partial charge in [-0.3, -0.25) is 9.69 Å². The van der Waals surface area contributed by atoms with E-state index in [9.17, 15) is 4.79 Å². The number of amides is 1. The van der Waals surface area contributed by atoms with Crippen LogP contribution in [0.2, 0.25) is 0 Å². The van der Waals surface area contributed by atoms with Gasteiger partial charge in [0.2, 0.25) is 11.8 Å². The lowest BCUT2D eigenvalue weighted by Crippen LogP contribution is -2.49. The minimum atomic E-state index is 0.176. The van der Waals surface area contributed by atoms with Gasteiger partial charge in [0.05, 0.1) is 18.4 Å². The molecule has 1 unspecified atom stereocenters. The molecule has 1 saturated carbocycles. The lowest BCUT2D eigenvalue weighted by atomic mass is 9.98. The highest BCUT2D eigenvalue weighted by atomic mass is 16.5. The fraction of sp³-hybridized carbons (Fsp3) is 0.591. The summed E-state index contributed by atoms with van der Waals surface area (Å²) in [4.78, 5) is 21.6. The van der Waals surface area contributed by atoms with Gasteiger partial charge in [0.1, 0.15) is 0 Å². The van der Waals surface area contributed by atoms with E-state index in [-0.39, 0.29) is 11.8 Å². The summed E-state index contributed by atoms with van der Waals surface area (Å²) in [5.41, 5.74) is 2.28. The Kier molecular flexibility index (Phi) is 4.67. The van der Waals surface area contributed by atoms with Crippen LogP contribution in [0.5, 0.6) is 0 Å². The van der Waals surface area contributed by atoms with E-state index in [1.165, 1.54) is 31.4 Å². The summed E-state index contributed by atoms with van der Waals surface area (Å²) in [6.07, 6.45) is 5.52. The van der Waals surface area contributed by atoms with Crippen molar-refractivity contribution in [2.75, 3.05) is 26.2 Å². The number of hydrogen-bond donors (Lipinski definition) is 0. The third kappa shape index (κ3) is 3.70. The number of aromatic nitrogens is 2. The molecule has 6 heteroatoms. The van der Waals surface area contributed by atoms with E-state index >= 15 is 0 Å². The number of hydrogen-bond acceptors (Lipinski definition) is 5. The number of likely N-dealkylation sites (tertiary alicyclic amines) is 2. The van der Waals surface area contributed by atoms with Crippen LogP contribution in [-0.4, -0.2) is 52.0 Å². The van der Waals surface area contributed by atoms with Gasteiger partial charge in [-0.15, -0.1) is 0 Å². The molecule has 1 aromatic heterocycles. The van der Waals surface area contributed by atoms with Crippen LogP contribution < -0.4 is 0 Å². The maximum atomic E-state index is 12.5. The molecule has 0 N–H and O–H groups in total. The molecule has 6 nitrogen and oxygen atoms in total. The minimum absolute atomic E-state index is 0.176. The SMILES string of the molecule is Cc1ccc(CC(=O)N2CC(c3noc(C4CCCN4CC4CC4)n3)C2)cc1. The molecule has 5 rings (SSSR count). The Morgan fingerprint density at radius 3 is 2.71 bits per heavy atom. The second-order valence-corrected chi connectivity index (χ2v) is 8.75. The summed E-state index contributed by atoms with van der Waals surface area (Å²) >= 11 is 0. The third-order valence-corrected chi connectivity index (χ3v) is 6.37. The molecule has 28 heavy (non-hydrogen) atoms. The lowest BCUT2D eigenvalue weighted by Gasteiger charge is -2.37. The number of benzene rings is 1. The second kappa shape index (κ2) is 7.32.